The molecule has 0 fully saturated rings. The minimum Gasteiger partial charge on any atom is -0.366 e. The number of nitrogens with two attached hydrogens (primary N) is 3. The Morgan fingerprint density at radius 1 is 0.649 bits per heavy atom. The summed E-state index contributed by atoms with van der Waals surface area (Å²) in [5.41, 5.74) is 18.1. The third kappa shape index (κ3) is 7.16. The predicted octanol–water partition coefficient (Wildman–Crippen LogP) is 4.27. The number of primary amides is 3. The van der Waals surface area contributed by atoms with Gasteiger partial charge in [-0.1, -0.05) is 60.7 Å². The summed E-state index contributed by atoms with van der Waals surface area (Å²) in [5, 5.41) is 8.25. The average Bonchev–Trinajstić information content (AvgIpc) is 3.50. The predicted molar refractivity (Wildman–Crippen MR) is 148 cm³/mol. The van der Waals surface area contributed by atoms with E-state index in [1.807, 2.05) is 60.7 Å². The van der Waals surface area contributed by atoms with E-state index in [1.165, 1.54) is 29.7 Å². The molecule has 0 unspecified atom stereocenters. The first-order valence-electron chi connectivity index (χ1n) is 10.7. The zero-order valence-corrected chi connectivity index (χ0v) is 21.2. The first-order valence-corrected chi connectivity index (χ1v) is 12.4. The molecular formula is C25H24N6O4S2. The third-order valence-electron chi connectivity index (χ3n) is 4.80. The van der Waals surface area contributed by atoms with Gasteiger partial charge in [-0.05, 0) is 23.3 Å². The molecule has 2 aromatic heterocycles. The van der Waals surface area contributed by atoms with Crippen LogP contribution in [-0.2, 0) is 0 Å². The molecular weight excluding hydrogens is 512 g/mol. The summed E-state index contributed by atoms with van der Waals surface area (Å²) in [6.45, 7) is 0. The van der Waals surface area contributed by atoms with Crippen LogP contribution in [0.25, 0.3) is 20.9 Å². The summed E-state index contributed by atoms with van der Waals surface area (Å²) < 4.78 is 0. The normalized spacial score (nSPS) is 9.97. The van der Waals surface area contributed by atoms with Gasteiger partial charge in [0, 0.05) is 16.8 Å². The van der Waals surface area contributed by atoms with Crippen molar-refractivity contribution in [2.75, 3.05) is 17.7 Å². The average molecular weight is 537 g/mol. The largest absolute Gasteiger partial charge is 0.366 e. The second-order valence-electron chi connectivity index (χ2n) is 7.36. The molecule has 12 heteroatoms. The van der Waals surface area contributed by atoms with Gasteiger partial charge >= 0.3 is 12.1 Å². The zero-order valence-electron chi connectivity index (χ0n) is 19.6. The van der Waals surface area contributed by atoms with E-state index in [0.717, 1.165) is 20.9 Å². The van der Waals surface area contributed by atoms with E-state index >= 15 is 0 Å². The van der Waals surface area contributed by atoms with Crippen molar-refractivity contribution in [3.8, 4) is 20.9 Å². The molecule has 6 amide bonds. The van der Waals surface area contributed by atoms with Crippen molar-refractivity contribution in [1.29, 1.82) is 0 Å². The van der Waals surface area contributed by atoms with Crippen molar-refractivity contribution in [2.24, 2.45) is 17.2 Å². The zero-order chi connectivity index (χ0) is 26.9. The van der Waals surface area contributed by atoms with Crippen molar-refractivity contribution in [3.63, 3.8) is 0 Å². The maximum Gasteiger partial charge on any atom is 0.319 e. The fourth-order valence-corrected chi connectivity index (χ4v) is 5.24. The Morgan fingerprint density at radius 2 is 1.05 bits per heavy atom. The van der Waals surface area contributed by atoms with Gasteiger partial charge in [-0.3, -0.25) is 20.2 Å². The lowest BCUT2D eigenvalue weighted by Gasteiger charge is -2.02. The van der Waals surface area contributed by atoms with E-state index in [1.54, 1.807) is 12.1 Å². The van der Waals surface area contributed by atoms with Crippen LogP contribution in [0.4, 0.5) is 19.6 Å². The monoisotopic (exact) mass is 536 g/mol. The number of carbonyl (C=O) groups is 4. The minimum atomic E-state index is -0.723. The molecule has 2 heterocycles. The summed E-state index contributed by atoms with van der Waals surface area (Å²) in [5.74, 6) is -1.16. The highest BCUT2D eigenvalue weighted by atomic mass is 32.1. The smallest absolute Gasteiger partial charge is 0.319 e. The van der Waals surface area contributed by atoms with Gasteiger partial charge in [0.15, 0.2) is 0 Å². The maximum absolute atomic E-state index is 11.4. The molecule has 0 bridgehead atoms. The molecule has 0 aliphatic rings. The third-order valence-corrected chi connectivity index (χ3v) is 7.00. The van der Waals surface area contributed by atoms with Gasteiger partial charge in [0.25, 0.3) is 11.8 Å². The highest BCUT2D eigenvalue weighted by Crippen LogP contribution is 2.36. The second kappa shape index (κ2) is 12.3. The van der Waals surface area contributed by atoms with Crippen molar-refractivity contribution in [3.05, 3.63) is 83.9 Å². The molecule has 0 saturated heterocycles. The molecule has 4 rings (SSSR count). The molecule has 0 aliphatic heterocycles. The van der Waals surface area contributed by atoms with Gasteiger partial charge in [0.2, 0.25) is 0 Å². The Bertz CT molecular complexity index is 1420. The van der Waals surface area contributed by atoms with Crippen LogP contribution in [0.3, 0.4) is 0 Å². The van der Waals surface area contributed by atoms with Crippen LogP contribution >= 0.6 is 22.7 Å². The van der Waals surface area contributed by atoms with Crippen LogP contribution in [0.1, 0.15) is 20.7 Å². The lowest BCUT2D eigenvalue weighted by Crippen LogP contribution is -2.25. The minimum absolute atomic E-state index is 0.262. The first kappa shape index (κ1) is 26.9. The fourth-order valence-electron chi connectivity index (χ4n) is 3.10. The summed E-state index contributed by atoms with van der Waals surface area (Å²) in [6, 6.07) is 21.3. The van der Waals surface area contributed by atoms with Gasteiger partial charge < -0.3 is 22.5 Å². The van der Waals surface area contributed by atoms with Crippen LogP contribution in [0, 0.1) is 0 Å². The number of nitrogens with one attached hydrogen (secondary N) is 3. The van der Waals surface area contributed by atoms with E-state index in [9.17, 15) is 19.2 Å². The Labute approximate surface area is 220 Å². The molecule has 9 N–H and O–H groups in total. The molecule has 0 atom stereocenters. The van der Waals surface area contributed by atoms with Crippen molar-refractivity contribution in [2.45, 2.75) is 0 Å². The van der Waals surface area contributed by atoms with Crippen LogP contribution in [0.2, 0.25) is 0 Å². The molecule has 37 heavy (non-hydrogen) atoms. The summed E-state index contributed by atoms with van der Waals surface area (Å²) in [4.78, 5) is 46.6. The van der Waals surface area contributed by atoms with Crippen LogP contribution in [-0.4, -0.2) is 30.9 Å². The lowest BCUT2D eigenvalue weighted by molar-refractivity contribution is 0.0993. The van der Waals surface area contributed by atoms with Crippen molar-refractivity contribution >= 4 is 56.6 Å². The van der Waals surface area contributed by atoms with E-state index < -0.39 is 17.8 Å². The number of thiophene rings is 2. The fraction of sp³-hybridized carbons (Fsp3) is 0.0400. The number of benzene rings is 2. The first-order chi connectivity index (χ1) is 17.7. The number of urea groups is 2. The molecule has 0 aliphatic carbocycles. The Hall–Kier alpha value is -4.68. The van der Waals surface area contributed by atoms with Gasteiger partial charge in [0.1, 0.15) is 10.0 Å². The molecule has 0 saturated carbocycles. The Kier molecular flexibility index (Phi) is 8.97. The summed E-state index contributed by atoms with van der Waals surface area (Å²) in [7, 11) is 1.50. The second-order valence-corrected chi connectivity index (χ2v) is 9.47. The van der Waals surface area contributed by atoms with E-state index in [2.05, 4.69) is 16.0 Å². The lowest BCUT2D eigenvalue weighted by atomic mass is 10.1. The molecule has 190 valence electrons. The molecule has 10 nitrogen and oxygen atoms in total. The Morgan fingerprint density at radius 3 is 1.41 bits per heavy atom. The summed E-state index contributed by atoms with van der Waals surface area (Å²) >= 11 is 2.57. The quantitative estimate of drug-likeness (QED) is 0.215. The van der Waals surface area contributed by atoms with Crippen LogP contribution in [0.15, 0.2) is 72.8 Å². The van der Waals surface area contributed by atoms with E-state index in [-0.39, 0.29) is 11.6 Å². The number of anilines is 2. The number of amides is 6. The number of hydrogen-bond acceptors (Lipinski definition) is 6. The van der Waals surface area contributed by atoms with Gasteiger partial charge in [0.05, 0.1) is 11.1 Å². The van der Waals surface area contributed by atoms with Crippen molar-refractivity contribution < 1.29 is 19.2 Å². The van der Waals surface area contributed by atoms with Gasteiger partial charge in [-0.15, -0.1) is 22.7 Å². The van der Waals surface area contributed by atoms with Gasteiger partial charge in [-0.25, -0.2) is 9.59 Å². The highest BCUT2D eigenvalue weighted by Gasteiger charge is 2.17. The van der Waals surface area contributed by atoms with E-state index in [0.29, 0.717) is 15.6 Å². The SMILES string of the molecule is CNC(=O)Nc1sc(-c2ccccc2)cc1C(N)=O.NC(=O)Nc1sc(-c2ccccc2)cc1C(N)=O. The number of carbonyl (C=O) groups excluding carboxylic acids is 4. The number of rotatable bonds is 6. The summed E-state index contributed by atoms with van der Waals surface area (Å²) in [6.07, 6.45) is 0. The Balaban J connectivity index is 0.000000206. The van der Waals surface area contributed by atoms with Crippen molar-refractivity contribution in [1.82, 2.24) is 5.32 Å². The van der Waals surface area contributed by atoms with Gasteiger partial charge in [-0.2, -0.15) is 0 Å². The van der Waals surface area contributed by atoms with Crippen LogP contribution < -0.4 is 33.2 Å². The van der Waals surface area contributed by atoms with Crippen LogP contribution in [0.5, 0.6) is 0 Å². The molecule has 2 aromatic carbocycles. The molecule has 0 spiro atoms. The topological polar surface area (TPSA) is 182 Å². The highest BCUT2D eigenvalue weighted by molar-refractivity contribution is 7.20. The molecule has 0 radical (unpaired) electrons. The molecule has 4 aromatic rings. The number of hydrogen-bond donors (Lipinski definition) is 6. The van der Waals surface area contributed by atoms with E-state index in [4.69, 9.17) is 17.2 Å². The standard InChI is InChI=1S/C13H13N3O2S.C12H11N3O2S/c1-15-13(18)16-12-9(11(14)17)7-10(19-12)8-5-3-2-4-6-8;13-10(16)8-6-9(7-4-2-1-3-5-7)18-11(8)15-12(14)17/h2-7H,1H3,(H2,14,17)(H2,15,16,18);1-6H,(H2,13,16)(H3,14,15,17). The maximum atomic E-state index is 11.4.